The highest BCUT2D eigenvalue weighted by atomic mass is 31.2. The second-order valence-corrected chi connectivity index (χ2v) is 14.5. The monoisotopic (exact) mass is 685 g/mol. The van der Waals surface area contributed by atoms with E-state index in [4.69, 9.17) is 28.6 Å². The van der Waals surface area contributed by atoms with Crippen molar-refractivity contribution in [2.45, 2.75) is 56.2 Å². The van der Waals surface area contributed by atoms with Gasteiger partial charge in [-0.25, -0.2) is 38.4 Å². The Morgan fingerprint density at radius 1 is 1.07 bits per heavy atom. The highest BCUT2D eigenvalue weighted by Gasteiger charge is 2.74. The third kappa shape index (κ3) is 4.57. The average molecular weight is 685 g/mol. The zero-order chi connectivity index (χ0) is 32.3. The first-order chi connectivity index (χ1) is 21.8. The van der Waals surface area contributed by atoms with E-state index in [-0.39, 0.29) is 40.4 Å². The standard InChI is InChI=1S/C23H26FN9O11P2/c1-8-30-20-13(21(35)31-8)29-7-33(20)22-16-11(24)10(42-22)3-40-45(36,37)44-17-15(34)14(9-2-23(9,17)4-41-46(38,39)43-16)32-6-28-12-18(25)26-5-27-19(12)32/h5-7,9-11,14-17,22,34H,2-4H2,1H3,(H,36,37)(H,38,39)(H2,25,26,27)(H,30,31,35)/t9-,10-,11-,14-,15+,16-,17+,22-,23+/m1/s1. The molecule has 0 amide bonds. The Kier molecular flexibility index (Phi) is 6.64. The maximum atomic E-state index is 15.8. The highest BCUT2D eigenvalue weighted by Crippen LogP contribution is 2.72. The van der Waals surface area contributed by atoms with Crippen molar-refractivity contribution in [1.82, 2.24) is 39.0 Å². The molecular weight excluding hydrogens is 659 g/mol. The van der Waals surface area contributed by atoms with Crippen LogP contribution in [0.4, 0.5) is 10.2 Å². The molecule has 6 heterocycles. The van der Waals surface area contributed by atoms with E-state index in [9.17, 15) is 28.8 Å². The molecule has 2 aliphatic heterocycles. The summed E-state index contributed by atoms with van der Waals surface area (Å²) < 4.78 is 72.3. The van der Waals surface area contributed by atoms with E-state index in [1.165, 1.54) is 24.1 Å². The lowest BCUT2D eigenvalue weighted by Crippen LogP contribution is -2.38. The summed E-state index contributed by atoms with van der Waals surface area (Å²) in [6.45, 7) is 0.0346. The van der Waals surface area contributed by atoms with Crippen molar-refractivity contribution in [2.75, 3.05) is 18.9 Å². The van der Waals surface area contributed by atoms with Gasteiger partial charge < -0.3 is 34.9 Å². The van der Waals surface area contributed by atoms with Crippen LogP contribution in [0.2, 0.25) is 0 Å². The molecule has 4 aliphatic rings. The minimum absolute atomic E-state index is 0.0350. The molecule has 2 bridgehead atoms. The van der Waals surface area contributed by atoms with Crippen LogP contribution >= 0.6 is 15.6 Å². The van der Waals surface area contributed by atoms with E-state index in [0.29, 0.717) is 0 Å². The Bertz CT molecular complexity index is 2040. The molecule has 2 unspecified atom stereocenters. The maximum Gasteiger partial charge on any atom is 0.472 e. The number of hydrogen-bond acceptors (Lipinski definition) is 15. The van der Waals surface area contributed by atoms with E-state index in [1.54, 1.807) is 0 Å². The van der Waals surface area contributed by atoms with Crippen molar-refractivity contribution in [3.8, 4) is 0 Å². The average Bonchev–Trinajstić information content (AvgIpc) is 3.26. The number of fused-ring (bicyclic) bond motifs is 4. The van der Waals surface area contributed by atoms with Gasteiger partial charge in [-0.15, -0.1) is 0 Å². The molecule has 2 saturated carbocycles. The van der Waals surface area contributed by atoms with Crippen LogP contribution in [0.1, 0.15) is 24.5 Å². The number of aryl methyl sites for hydroxylation is 1. The van der Waals surface area contributed by atoms with Gasteiger partial charge in [0.1, 0.15) is 42.1 Å². The topological polar surface area (TPSA) is 274 Å². The smallest absolute Gasteiger partial charge is 0.388 e. The second kappa shape index (κ2) is 10.1. The molecule has 4 aromatic rings. The van der Waals surface area contributed by atoms with Crippen LogP contribution in [0.25, 0.3) is 22.3 Å². The van der Waals surface area contributed by atoms with Crippen molar-refractivity contribution in [3.05, 3.63) is 35.2 Å². The maximum absolute atomic E-state index is 15.8. The second-order valence-electron chi connectivity index (χ2n) is 11.7. The van der Waals surface area contributed by atoms with Gasteiger partial charge in [0.15, 0.2) is 35.0 Å². The first-order valence-corrected chi connectivity index (χ1v) is 16.9. The highest BCUT2D eigenvalue weighted by molar-refractivity contribution is 7.47. The molecule has 246 valence electrons. The molecular formula is C23H26FN9O11P2. The molecule has 0 radical (unpaired) electrons. The van der Waals surface area contributed by atoms with E-state index in [0.717, 1.165) is 10.9 Å². The molecule has 2 saturated heterocycles. The molecule has 4 aromatic heterocycles. The Balaban J connectivity index is 1.14. The van der Waals surface area contributed by atoms with E-state index >= 15 is 4.39 Å². The molecule has 20 nitrogen and oxygen atoms in total. The Hall–Kier alpha value is -3.23. The summed E-state index contributed by atoms with van der Waals surface area (Å²) in [5.74, 6) is -0.233. The molecule has 4 fully saturated rings. The van der Waals surface area contributed by atoms with Crippen LogP contribution in [0.3, 0.4) is 0 Å². The van der Waals surface area contributed by atoms with Gasteiger partial charge in [0.2, 0.25) is 0 Å². The molecule has 6 N–H and O–H groups in total. The van der Waals surface area contributed by atoms with Crippen LogP contribution in [0.15, 0.2) is 23.8 Å². The van der Waals surface area contributed by atoms with Gasteiger partial charge in [0, 0.05) is 5.41 Å². The molecule has 0 aromatic carbocycles. The van der Waals surface area contributed by atoms with Gasteiger partial charge in [-0.1, -0.05) is 0 Å². The third-order valence-corrected chi connectivity index (χ3v) is 10.9. The lowest BCUT2D eigenvalue weighted by Gasteiger charge is -2.30. The number of aliphatic hydroxyl groups excluding tert-OH is 1. The van der Waals surface area contributed by atoms with Crippen LogP contribution in [0.5, 0.6) is 0 Å². The van der Waals surface area contributed by atoms with Gasteiger partial charge in [-0.3, -0.25) is 27.5 Å². The number of hydrogen-bond donors (Lipinski definition) is 5. The minimum Gasteiger partial charge on any atom is -0.388 e. The zero-order valence-electron chi connectivity index (χ0n) is 23.6. The minimum atomic E-state index is -5.10. The Morgan fingerprint density at radius 2 is 1.80 bits per heavy atom. The third-order valence-electron chi connectivity index (χ3n) is 9.01. The van der Waals surface area contributed by atoms with Crippen LogP contribution in [0, 0.1) is 18.3 Å². The lowest BCUT2D eigenvalue weighted by atomic mass is 10.0. The number of nitrogens with zero attached hydrogens (tertiary/aromatic N) is 7. The molecule has 8 rings (SSSR count). The molecule has 2 aliphatic carbocycles. The summed E-state index contributed by atoms with van der Waals surface area (Å²) >= 11 is 0. The fraction of sp³-hybridized carbons (Fsp3) is 0.565. The number of halogens is 1. The predicted octanol–water partition coefficient (Wildman–Crippen LogP) is 0.0255. The molecule has 11 atom stereocenters. The van der Waals surface area contributed by atoms with E-state index in [1.807, 2.05) is 0 Å². The number of anilines is 1. The fourth-order valence-electron chi connectivity index (χ4n) is 6.87. The summed E-state index contributed by atoms with van der Waals surface area (Å²) in [6.07, 6.45) is -6.24. The number of imidazole rings is 2. The van der Waals surface area contributed by atoms with Crippen molar-refractivity contribution in [2.24, 2.45) is 11.3 Å². The number of phosphoric ester groups is 2. The van der Waals surface area contributed by atoms with Crippen molar-refractivity contribution in [3.63, 3.8) is 0 Å². The normalized spacial score (nSPS) is 41.1. The summed E-state index contributed by atoms with van der Waals surface area (Å²) in [5, 5.41) is 11.4. The van der Waals surface area contributed by atoms with Gasteiger partial charge >= 0.3 is 15.6 Å². The quantitative estimate of drug-likeness (QED) is 0.174. The van der Waals surface area contributed by atoms with Crippen molar-refractivity contribution >= 4 is 43.8 Å². The van der Waals surface area contributed by atoms with Gasteiger partial charge in [-0.05, 0) is 19.3 Å². The van der Waals surface area contributed by atoms with Gasteiger partial charge in [0.05, 0.1) is 31.9 Å². The molecule has 23 heteroatoms. The SMILES string of the molecule is Cc1nc2c(ncn2[C@@H]2O[C@@H]3COP(=O)(O)O[C@H]4[C@@H](O)[C@H](n5cnc6c(N)ncnc65)[C@H]5C[C@]54COP(=O)(O)O[C@@H]2[C@@H]3F)c(=O)[nH]1. The number of aliphatic hydroxyl groups is 1. The Labute approximate surface area is 255 Å². The van der Waals surface area contributed by atoms with Gasteiger partial charge in [0.25, 0.3) is 5.56 Å². The van der Waals surface area contributed by atoms with E-state index in [2.05, 4.69) is 29.9 Å². The summed E-state index contributed by atoms with van der Waals surface area (Å²) in [4.78, 5) is 57.0. The number of aromatic nitrogens is 8. The number of nitrogens with two attached hydrogens (primary N) is 1. The number of H-pyrrole nitrogens is 1. The van der Waals surface area contributed by atoms with Crippen molar-refractivity contribution in [1.29, 1.82) is 0 Å². The predicted molar refractivity (Wildman–Crippen MR) is 148 cm³/mol. The number of ether oxygens (including phenoxy) is 1. The van der Waals surface area contributed by atoms with Crippen LogP contribution < -0.4 is 11.3 Å². The largest absolute Gasteiger partial charge is 0.472 e. The van der Waals surface area contributed by atoms with Crippen LogP contribution in [-0.2, 0) is 32.0 Å². The Morgan fingerprint density at radius 3 is 2.61 bits per heavy atom. The number of alkyl halides is 1. The number of nitrogen functional groups attached to an aromatic ring is 1. The first kappa shape index (κ1) is 30.1. The van der Waals surface area contributed by atoms with Gasteiger partial charge in [-0.2, -0.15) is 0 Å². The zero-order valence-corrected chi connectivity index (χ0v) is 25.3. The lowest BCUT2D eigenvalue weighted by molar-refractivity contribution is -0.0661. The van der Waals surface area contributed by atoms with Crippen molar-refractivity contribution < 1.29 is 51.2 Å². The summed E-state index contributed by atoms with van der Waals surface area (Å²) in [6, 6.07) is -0.840. The number of rotatable bonds is 2. The summed E-state index contributed by atoms with van der Waals surface area (Å²) in [7, 11) is -10.1. The molecule has 46 heavy (non-hydrogen) atoms. The summed E-state index contributed by atoms with van der Waals surface area (Å²) in [5.41, 5.74) is 4.44. The van der Waals surface area contributed by atoms with Crippen LogP contribution in [-0.4, -0.2) is 97.7 Å². The first-order valence-electron chi connectivity index (χ1n) is 13.9. The fourth-order valence-corrected chi connectivity index (χ4v) is 8.88. The molecule has 1 spiro atoms. The van der Waals surface area contributed by atoms with E-state index < -0.39 is 88.6 Å². The number of nitrogens with one attached hydrogen (secondary N) is 1. The number of aromatic amines is 1. The number of phosphoric acid groups is 2.